The molecule has 100 valence electrons. The number of carbonyl (C=O) groups excluding carboxylic acids is 1. The lowest BCUT2D eigenvalue weighted by Gasteiger charge is -2.08. The Bertz CT molecular complexity index is 597. The Hall–Kier alpha value is -1.92. The highest BCUT2D eigenvalue weighted by atomic mass is 35.5. The molecule has 2 N–H and O–H groups in total. The molecule has 0 radical (unpaired) electrons. The summed E-state index contributed by atoms with van der Waals surface area (Å²) in [4.78, 5) is 11.5. The minimum Gasteiger partial charge on any atom is -0.390 e. The molecule has 7 heteroatoms. The van der Waals surface area contributed by atoms with Crippen molar-refractivity contribution in [2.45, 2.75) is 13.2 Å². The Kier molecular flexibility index (Phi) is 4.13. The number of aliphatic hydroxyl groups excluding tert-OH is 1. The molecule has 0 aliphatic rings. The number of rotatable bonds is 4. The van der Waals surface area contributed by atoms with Crippen LogP contribution in [0.5, 0.6) is 0 Å². The molecular formula is C12H13ClN4O2. The molecule has 1 aromatic carbocycles. The second-order valence-corrected chi connectivity index (χ2v) is 4.26. The number of hydrogen-bond donors (Lipinski definition) is 2. The van der Waals surface area contributed by atoms with Gasteiger partial charge in [-0.15, -0.1) is 5.10 Å². The summed E-state index contributed by atoms with van der Waals surface area (Å²) in [5.74, 6) is -0.206. The predicted octanol–water partition coefficient (Wildman–Crippen LogP) is 0.837. The van der Waals surface area contributed by atoms with Crippen LogP contribution in [-0.2, 0) is 17.9 Å². The molecule has 0 aliphatic carbocycles. The third kappa shape index (κ3) is 2.74. The van der Waals surface area contributed by atoms with Gasteiger partial charge in [0.2, 0.25) is 5.91 Å². The van der Waals surface area contributed by atoms with Gasteiger partial charge in [-0.25, -0.2) is 4.68 Å². The van der Waals surface area contributed by atoms with Crippen LogP contribution in [0.25, 0.3) is 11.3 Å². The highest BCUT2D eigenvalue weighted by Crippen LogP contribution is 2.29. The van der Waals surface area contributed by atoms with Gasteiger partial charge >= 0.3 is 0 Å². The molecule has 0 unspecified atom stereocenters. The van der Waals surface area contributed by atoms with Crippen LogP contribution in [0.2, 0.25) is 5.02 Å². The van der Waals surface area contributed by atoms with Crippen LogP contribution >= 0.6 is 11.6 Å². The average Bonchev–Trinajstić information content (AvgIpc) is 2.82. The normalized spacial score (nSPS) is 10.5. The summed E-state index contributed by atoms with van der Waals surface area (Å²) in [6, 6.07) is 7.15. The van der Waals surface area contributed by atoms with E-state index in [9.17, 15) is 9.90 Å². The zero-order chi connectivity index (χ0) is 13.8. The number of nitrogens with zero attached hydrogens (tertiary/aromatic N) is 3. The van der Waals surface area contributed by atoms with Crippen molar-refractivity contribution in [1.29, 1.82) is 0 Å². The van der Waals surface area contributed by atoms with Gasteiger partial charge < -0.3 is 10.4 Å². The maximum Gasteiger partial charge on any atom is 0.241 e. The summed E-state index contributed by atoms with van der Waals surface area (Å²) in [6.45, 7) is -0.252. The quantitative estimate of drug-likeness (QED) is 0.870. The lowest BCUT2D eigenvalue weighted by Crippen LogP contribution is -2.24. The summed E-state index contributed by atoms with van der Waals surface area (Å²) in [7, 11) is 1.54. The zero-order valence-electron chi connectivity index (χ0n) is 10.3. The number of halogens is 1. The Morgan fingerprint density at radius 1 is 1.47 bits per heavy atom. The second-order valence-electron chi connectivity index (χ2n) is 3.85. The van der Waals surface area contributed by atoms with Crippen LogP contribution in [0.1, 0.15) is 5.69 Å². The predicted molar refractivity (Wildman–Crippen MR) is 70.5 cm³/mol. The molecule has 1 heterocycles. The molecule has 0 spiro atoms. The van der Waals surface area contributed by atoms with Gasteiger partial charge in [-0.1, -0.05) is 35.0 Å². The van der Waals surface area contributed by atoms with E-state index in [-0.39, 0.29) is 19.1 Å². The van der Waals surface area contributed by atoms with E-state index in [1.807, 2.05) is 6.07 Å². The van der Waals surface area contributed by atoms with Crippen molar-refractivity contribution in [3.05, 3.63) is 35.0 Å². The van der Waals surface area contributed by atoms with Gasteiger partial charge in [0, 0.05) is 12.6 Å². The maximum absolute atomic E-state index is 11.5. The van der Waals surface area contributed by atoms with Crippen LogP contribution in [0, 0.1) is 0 Å². The van der Waals surface area contributed by atoms with E-state index in [1.165, 1.54) is 4.68 Å². The van der Waals surface area contributed by atoms with E-state index >= 15 is 0 Å². The van der Waals surface area contributed by atoms with Crippen LogP contribution < -0.4 is 5.32 Å². The molecule has 0 atom stereocenters. The maximum atomic E-state index is 11.5. The first-order valence-electron chi connectivity index (χ1n) is 5.66. The fraction of sp³-hybridized carbons (Fsp3) is 0.250. The molecule has 0 bridgehead atoms. The molecule has 0 aliphatic heterocycles. The van der Waals surface area contributed by atoms with E-state index < -0.39 is 0 Å². The number of carbonyl (C=O) groups is 1. The molecule has 2 rings (SSSR count). The first-order valence-corrected chi connectivity index (χ1v) is 6.04. The van der Waals surface area contributed by atoms with Crippen LogP contribution in [0.3, 0.4) is 0 Å². The fourth-order valence-corrected chi connectivity index (χ4v) is 1.95. The van der Waals surface area contributed by atoms with Crippen molar-refractivity contribution in [3.8, 4) is 11.3 Å². The zero-order valence-corrected chi connectivity index (χ0v) is 11.1. The molecular weight excluding hydrogens is 268 g/mol. The topological polar surface area (TPSA) is 80.0 Å². The molecule has 0 fully saturated rings. The molecule has 2 aromatic rings. The number of aromatic nitrogens is 3. The monoisotopic (exact) mass is 280 g/mol. The van der Waals surface area contributed by atoms with E-state index in [4.69, 9.17) is 11.6 Å². The van der Waals surface area contributed by atoms with Crippen molar-refractivity contribution in [3.63, 3.8) is 0 Å². The smallest absolute Gasteiger partial charge is 0.241 e. The highest BCUT2D eigenvalue weighted by Gasteiger charge is 2.17. The summed E-state index contributed by atoms with van der Waals surface area (Å²) in [5.41, 5.74) is 1.62. The molecule has 0 saturated carbocycles. The standard InChI is InChI=1S/C12H13ClN4O2/c1-14-11(19)6-17-12(10(7-18)15-16-17)8-4-2-3-5-9(8)13/h2-5,18H,6-7H2,1H3,(H,14,19). The summed E-state index contributed by atoms with van der Waals surface area (Å²) in [5, 5.41) is 20.1. The lowest BCUT2D eigenvalue weighted by molar-refractivity contribution is -0.121. The lowest BCUT2D eigenvalue weighted by atomic mass is 10.1. The molecule has 19 heavy (non-hydrogen) atoms. The summed E-state index contributed by atoms with van der Waals surface area (Å²) >= 11 is 6.14. The fourth-order valence-electron chi connectivity index (χ4n) is 1.73. The first-order chi connectivity index (χ1) is 9.17. The largest absolute Gasteiger partial charge is 0.390 e. The third-order valence-corrected chi connectivity index (χ3v) is 2.99. The van der Waals surface area contributed by atoms with E-state index in [0.29, 0.717) is 22.0 Å². The minimum atomic E-state index is -0.270. The highest BCUT2D eigenvalue weighted by molar-refractivity contribution is 6.33. The number of amides is 1. The number of benzene rings is 1. The van der Waals surface area contributed by atoms with E-state index in [1.54, 1.807) is 25.2 Å². The number of aliphatic hydroxyl groups is 1. The van der Waals surface area contributed by atoms with Gasteiger partial charge in [-0.2, -0.15) is 0 Å². The summed E-state index contributed by atoms with van der Waals surface area (Å²) < 4.78 is 1.42. The van der Waals surface area contributed by atoms with Gasteiger partial charge in [-0.05, 0) is 6.07 Å². The van der Waals surface area contributed by atoms with E-state index in [0.717, 1.165) is 0 Å². The van der Waals surface area contributed by atoms with E-state index in [2.05, 4.69) is 15.6 Å². The Labute approximate surface area is 115 Å². The first kappa shape index (κ1) is 13.5. The number of nitrogens with one attached hydrogen (secondary N) is 1. The van der Waals surface area contributed by atoms with Gasteiger partial charge in [0.15, 0.2) is 0 Å². The molecule has 6 nitrogen and oxygen atoms in total. The minimum absolute atomic E-state index is 0.0179. The molecule has 0 saturated heterocycles. The van der Waals surface area contributed by atoms with Crippen molar-refractivity contribution in [2.24, 2.45) is 0 Å². The SMILES string of the molecule is CNC(=O)Cn1nnc(CO)c1-c1ccccc1Cl. The van der Waals surface area contributed by atoms with Crippen molar-refractivity contribution in [1.82, 2.24) is 20.3 Å². The van der Waals surface area contributed by atoms with Gasteiger partial charge in [-0.3, -0.25) is 4.79 Å². The Balaban J connectivity index is 2.51. The Morgan fingerprint density at radius 3 is 2.84 bits per heavy atom. The molecule has 1 aromatic heterocycles. The molecule has 1 amide bonds. The van der Waals surface area contributed by atoms with Crippen LogP contribution in [0.4, 0.5) is 0 Å². The van der Waals surface area contributed by atoms with Crippen LogP contribution in [0.15, 0.2) is 24.3 Å². The van der Waals surface area contributed by atoms with Gasteiger partial charge in [0.05, 0.1) is 17.3 Å². The number of likely N-dealkylation sites (N-methyl/N-ethyl adjacent to an activating group) is 1. The van der Waals surface area contributed by atoms with Crippen molar-refractivity contribution >= 4 is 17.5 Å². The third-order valence-electron chi connectivity index (χ3n) is 2.66. The van der Waals surface area contributed by atoms with Gasteiger partial charge in [0.1, 0.15) is 12.2 Å². The van der Waals surface area contributed by atoms with Crippen molar-refractivity contribution < 1.29 is 9.90 Å². The van der Waals surface area contributed by atoms with Gasteiger partial charge in [0.25, 0.3) is 0 Å². The number of hydrogen-bond acceptors (Lipinski definition) is 4. The van der Waals surface area contributed by atoms with Crippen molar-refractivity contribution in [2.75, 3.05) is 7.05 Å². The van der Waals surface area contributed by atoms with Crippen LogP contribution in [-0.4, -0.2) is 33.1 Å². The second kappa shape index (κ2) is 5.81. The summed E-state index contributed by atoms with van der Waals surface area (Å²) in [6.07, 6.45) is 0. The average molecular weight is 281 g/mol. The Morgan fingerprint density at radius 2 is 2.21 bits per heavy atom.